The Kier molecular flexibility index (Phi) is 4.11. The molecular weight excluding hydrogens is 210 g/mol. The van der Waals surface area contributed by atoms with Gasteiger partial charge in [-0.25, -0.2) is 0 Å². The molecule has 2 fully saturated rings. The van der Waals surface area contributed by atoms with Gasteiger partial charge in [-0.05, 0) is 51.5 Å². The molecule has 1 heterocycles. The van der Waals surface area contributed by atoms with E-state index in [1.54, 1.807) is 0 Å². The van der Waals surface area contributed by atoms with Crippen molar-refractivity contribution in [1.29, 1.82) is 0 Å². The second kappa shape index (κ2) is 5.25. The van der Waals surface area contributed by atoms with Crippen LogP contribution in [0.3, 0.4) is 0 Å². The zero-order valence-electron chi connectivity index (χ0n) is 11.7. The third-order valence-electron chi connectivity index (χ3n) is 4.89. The SMILES string of the molecule is CC1CC1CNC1(CN)CCN(C(C)C)CC1. The molecule has 1 saturated heterocycles. The van der Waals surface area contributed by atoms with Gasteiger partial charge in [0.1, 0.15) is 0 Å². The number of nitrogens with one attached hydrogen (secondary N) is 1. The van der Waals surface area contributed by atoms with Crippen LogP contribution in [0.2, 0.25) is 0 Å². The van der Waals surface area contributed by atoms with Crippen molar-refractivity contribution in [1.82, 2.24) is 10.2 Å². The zero-order chi connectivity index (χ0) is 12.5. The topological polar surface area (TPSA) is 41.3 Å². The fraction of sp³-hybridized carbons (Fsp3) is 1.00. The van der Waals surface area contributed by atoms with E-state index in [2.05, 4.69) is 31.0 Å². The van der Waals surface area contributed by atoms with Crippen molar-refractivity contribution in [3.63, 3.8) is 0 Å². The Morgan fingerprint density at radius 2 is 1.94 bits per heavy atom. The largest absolute Gasteiger partial charge is 0.329 e. The number of piperidine rings is 1. The summed E-state index contributed by atoms with van der Waals surface area (Å²) in [5.41, 5.74) is 6.25. The fourth-order valence-corrected chi connectivity index (χ4v) is 2.95. The van der Waals surface area contributed by atoms with Gasteiger partial charge in [-0.3, -0.25) is 0 Å². The summed E-state index contributed by atoms with van der Waals surface area (Å²) in [4.78, 5) is 2.56. The van der Waals surface area contributed by atoms with E-state index < -0.39 is 0 Å². The molecule has 1 aliphatic carbocycles. The molecule has 100 valence electrons. The summed E-state index contributed by atoms with van der Waals surface area (Å²) in [5, 5.41) is 3.78. The average molecular weight is 239 g/mol. The lowest BCUT2D eigenvalue weighted by molar-refractivity contribution is 0.113. The first-order valence-corrected chi connectivity index (χ1v) is 7.25. The highest BCUT2D eigenvalue weighted by Crippen LogP contribution is 2.37. The van der Waals surface area contributed by atoms with E-state index >= 15 is 0 Å². The standard InChI is InChI=1S/C14H29N3/c1-11(2)17-6-4-14(10-15,5-7-17)16-9-13-8-12(13)3/h11-13,16H,4-10,15H2,1-3H3. The molecular formula is C14H29N3. The lowest BCUT2D eigenvalue weighted by atomic mass is 9.87. The van der Waals surface area contributed by atoms with Crippen molar-refractivity contribution in [3.8, 4) is 0 Å². The number of hydrogen-bond acceptors (Lipinski definition) is 3. The van der Waals surface area contributed by atoms with Gasteiger partial charge in [0.15, 0.2) is 0 Å². The monoisotopic (exact) mass is 239 g/mol. The van der Waals surface area contributed by atoms with E-state index in [4.69, 9.17) is 5.73 Å². The lowest BCUT2D eigenvalue weighted by Gasteiger charge is -2.43. The first kappa shape index (κ1) is 13.3. The average Bonchev–Trinajstić information content (AvgIpc) is 3.03. The minimum atomic E-state index is 0.230. The van der Waals surface area contributed by atoms with E-state index in [0.717, 1.165) is 18.4 Å². The number of hydrogen-bond donors (Lipinski definition) is 2. The molecule has 1 saturated carbocycles. The van der Waals surface area contributed by atoms with E-state index in [9.17, 15) is 0 Å². The molecule has 2 aliphatic rings. The van der Waals surface area contributed by atoms with Gasteiger partial charge >= 0.3 is 0 Å². The Labute approximate surface area is 106 Å². The van der Waals surface area contributed by atoms with Crippen LogP contribution in [0.4, 0.5) is 0 Å². The van der Waals surface area contributed by atoms with Crippen LogP contribution >= 0.6 is 0 Å². The van der Waals surface area contributed by atoms with Crippen LogP contribution < -0.4 is 11.1 Å². The quantitative estimate of drug-likeness (QED) is 0.763. The molecule has 0 spiro atoms. The van der Waals surface area contributed by atoms with E-state index in [1.807, 2.05) is 0 Å². The Bertz CT molecular complexity index is 244. The van der Waals surface area contributed by atoms with Crippen LogP contribution in [0.5, 0.6) is 0 Å². The summed E-state index contributed by atoms with van der Waals surface area (Å²) in [7, 11) is 0. The molecule has 0 radical (unpaired) electrons. The minimum absolute atomic E-state index is 0.230. The smallest absolute Gasteiger partial charge is 0.0328 e. The van der Waals surface area contributed by atoms with Gasteiger partial charge in [0.25, 0.3) is 0 Å². The number of likely N-dealkylation sites (tertiary alicyclic amines) is 1. The Balaban J connectivity index is 1.80. The number of rotatable bonds is 5. The van der Waals surface area contributed by atoms with Crippen LogP contribution in [0.15, 0.2) is 0 Å². The molecule has 0 aromatic heterocycles. The van der Waals surface area contributed by atoms with Crippen LogP contribution in [-0.4, -0.2) is 42.7 Å². The lowest BCUT2D eigenvalue weighted by Crippen LogP contribution is -2.58. The van der Waals surface area contributed by atoms with Crippen molar-refractivity contribution >= 4 is 0 Å². The second-order valence-electron chi connectivity index (χ2n) is 6.47. The van der Waals surface area contributed by atoms with Crippen LogP contribution in [0, 0.1) is 11.8 Å². The highest BCUT2D eigenvalue weighted by molar-refractivity contribution is 4.97. The Hall–Kier alpha value is -0.120. The molecule has 0 aromatic rings. The number of nitrogens with zero attached hydrogens (tertiary/aromatic N) is 1. The molecule has 3 N–H and O–H groups in total. The molecule has 1 aliphatic heterocycles. The van der Waals surface area contributed by atoms with E-state index in [1.165, 1.54) is 38.9 Å². The van der Waals surface area contributed by atoms with Crippen molar-refractivity contribution in [2.24, 2.45) is 17.6 Å². The summed E-state index contributed by atoms with van der Waals surface area (Å²) in [5.74, 6) is 1.86. The molecule has 2 atom stereocenters. The zero-order valence-corrected chi connectivity index (χ0v) is 11.7. The van der Waals surface area contributed by atoms with Crippen molar-refractivity contribution < 1.29 is 0 Å². The summed E-state index contributed by atoms with van der Waals surface area (Å²) in [6.45, 7) is 11.3. The van der Waals surface area contributed by atoms with Gasteiger partial charge in [0.2, 0.25) is 0 Å². The maximum Gasteiger partial charge on any atom is 0.0328 e. The van der Waals surface area contributed by atoms with Crippen LogP contribution in [0.1, 0.15) is 40.0 Å². The Morgan fingerprint density at radius 1 is 1.35 bits per heavy atom. The van der Waals surface area contributed by atoms with Crippen molar-refractivity contribution in [2.45, 2.75) is 51.6 Å². The minimum Gasteiger partial charge on any atom is -0.329 e. The molecule has 0 bridgehead atoms. The highest BCUT2D eigenvalue weighted by atomic mass is 15.2. The van der Waals surface area contributed by atoms with Crippen molar-refractivity contribution in [3.05, 3.63) is 0 Å². The molecule has 2 rings (SSSR count). The predicted octanol–water partition coefficient (Wildman–Crippen LogP) is 1.43. The Morgan fingerprint density at radius 3 is 2.35 bits per heavy atom. The molecule has 2 unspecified atom stereocenters. The van der Waals surface area contributed by atoms with Crippen LogP contribution in [-0.2, 0) is 0 Å². The summed E-state index contributed by atoms with van der Waals surface area (Å²) < 4.78 is 0. The van der Waals surface area contributed by atoms with Gasteiger partial charge in [0, 0.05) is 31.2 Å². The third-order valence-corrected chi connectivity index (χ3v) is 4.89. The molecule has 0 aromatic carbocycles. The second-order valence-corrected chi connectivity index (χ2v) is 6.47. The van der Waals surface area contributed by atoms with Gasteiger partial charge in [-0.1, -0.05) is 6.92 Å². The highest BCUT2D eigenvalue weighted by Gasteiger charge is 2.37. The van der Waals surface area contributed by atoms with Gasteiger partial charge < -0.3 is 16.0 Å². The maximum absolute atomic E-state index is 6.02. The molecule has 17 heavy (non-hydrogen) atoms. The third kappa shape index (κ3) is 3.21. The normalized spacial score (nSPS) is 33.0. The van der Waals surface area contributed by atoms with E-state index in [-0.39, 0.29) is 5.54 Å². The first-order valence-electron chi connectivity index (χ1n) is 7.25. The van der Waals surface area contributed by atoms with Crippen molar-refractivity contribution in [2.75, 3.05) is 26.2 Å². The van der Waals surface area contributed by atoms with Crippen LogP contribution in [0.25, 0.3) is 0 Å². The summed E-state index contributed by atoms with van der Waals surface area (Å²) in [6.07, 6.45) is 3.83. The van der Waals surface area contributed by atoms with Gasteiger partial charge in [-0.15, -0.1) is 0 Å². The maximum atomic E-state index is 6.02. The fourth-order valence-electron chi connectivity index (χ4n) is 2.95. The van der Waals surface area contributed by atoms with Gasteiger partial charge in [0.05, 0.1) is 0 Å². The summed E-state index contributed by atoms with van der Waals surface area (Å²) >= 11 is 0. The number of nitrogens with two attached hydrogens (primary N) is 1. The predicted molar refractivity (Wildman–Crippen MR) is 73.0 cm³/mol. The molecule has 0 amide bonds. The van der Waals surface area contributed by atoms with E-state index in [0.29, 0.717) is 6.04 Å². The summed E-state index contributed by atoms with van der Waals surface area (Å²) in [6, 6.07) is 0.675. The molecule has 3 nitrogen and oxygen atoms in total. The first-order chi connectivity index (χ1) is 8.06. The molecule has 3 heteroatoms. The van der Waals surface area contributed by atoms with Gasteiger partial charge in [-0.2, -0.15) is 0 Å².